The highest BCUT2D eigenvalue weighted by Gasteiger charge is 2.43. The molecule has 0 bridgehead atoms. The molecule has 0 amide bonds. The monoisotopic (exact) mass is 607 g/mol. The van der Waals surface area contributed by atoms with Crippen LogP contribution < -0.4 is 11.2 Å². The van der Waals surface area contributed by atoms with Crippen molar-refractivity contribution in [3.63, 3.8) is 0 Å². The van der Waals surface area contributed by atoms with E-state index >= 15 is 0 Å². The molecule has 0 aliphatic carbocycles. The van der Waals surface area contributed by atoms with E-state index in [0.29, 0.717) is 5.76 Å². The molecule has 0 saturated carbocycles. The molecule has 1 fully saturated rings. The van der Waals surface area contributed by atoms with E-state index in [0.717, 1.165) is 20.8 Å². The summed E-state index contributed by atoms with van der Waals surface area (Å²) in [5, 5.41) is 29.4. The second-order valence-electron chi connectivity index (χ2n) is 7.38. The lowest BCUT2D eigenvalue weighted by atomic mass is 10.1. The van der Waals surface area contributed by atoms with Crippen LogP contribution in [0, 0.1) is 0 Å². The zero-order valence-electron chi connectivity index (χ0n) is 21.2. The summed E-state index contributed by atoms with van der Waals surface area (Å²) in [4.78, 5) is 50.1. The highest BCUT2D eigenvalue weighted by atomic mass is 31.0. The van der Waals surface area contributed by atoms with Crippen molar-refractivity contribution in [1.82, 2.24) is 14.1 Å². The van der Waals surface area contributed by atoms with Gasteiger partial charge in [0.15, 0.2) is 12.0 Å². The van der Waals surface area contributed by atoms with E-state index in [1.807, 2.05) is 37.3 Å². The van der Waals surface area contributed by atoms with Gasteiger partial charge in [-0.25, -0.2) is 9.78 Å². The molecule has 4 rings (SSSR count). The molecule has 3 aromatic rings. The number of aliphatic hydroxyl groups is 3. The first kappa shape index (κ1) is 36.9. The second-order valence-corrected chi connectivity index (χ2v) is 7.38. The molecule has 1 aromatic carbocycles. The van der Waals surface area contributed by atoms with E-state index in [4.69, 9.17) is 28.9 Å². The maximum absolute atomic E-state index is 12.9. The predicted molar refractivity (Wildman–Crippen MR) is 155 cm³/mol. The van der Waals surface area contributed by atoms with Gasteiger partial charge >= 0.3 is 5.69 Å². The normalized spacial score (nSPS) is 19.0. The summed E-state index contributed by atoms with van der Waals surface area (Å²) in [6.45, 7) is 4.79. The Kier molecular flexibility index (Phi) is 19.6. The molecular formula is C23H36N3O10P3. The Balaban J connectivity index is 0.00000145. The number of aliphatic hydroxyl groups excluding tert-OH is 3. The van der Waals surface area contributed by atoms with Crippen molar-refractivity contribution in [2.75, 3.05) is 6.61 Å². The van der Waals surface area contributed by atoms with Crippen LogP contribution in [-0.2, 0) is 11.3 Å². The molecular weight excluding hydrogens is 571 g/mol. The third kappa shape index (κ3) is 10.4. The summed E-state index contributed by atoms with van der Waals surface area (Å²) >= 11 is 0. The van der Waals surface area contributed by atoms with E-state index in [1.54, 1.807) is 6.08 Å². The number of ether oxygens (including phenoxy) is 1. The van der Waals surface area contributed by atoms with E-state index in [-0.39, 0.29) is 25.5 Å². The van der Waals surface area contributed by atoms with Crippen molar-refractivity contribution in [2.24, 2.45) is 0 Å². The largest absolute Gasteiger partial charge is 0.439 e. The van der Waals surface area contributed by atoms with Gasteiger partial charge in [0.25, 0.3) is 5.56 Å². The standard InChI is InChI=1S/C20H21N3O7.C3H6.3H3OP/c24-9-7-13-17(26)18(27)19(30-13)22-8-6-16(25)23(20(22)28)11-15-21-10-14(29-15)12-4-2-1-3-5-12;1-3-2;3*1-2/h1-6,8,10,13,17-19,24,26-27H,7,9,11H2;3H,1H2,2H3;3*1H,2H2. The van der Waals surface area contributed by atoms with Gasteiger partial charge in [0.2, 0.25) is 5.89 Å². The van der Waals surface area contributed by atoms with Crippen molar-refractivity contribution >= 4 is 28.4 Å². The van der Waals surface area contributed by atoms with Crippen LogP contribution in [0.4, 0.5) is 0 Å². The molecule has 1 aliphatic heterocycles. The zero-order chi connectivity index (χ0) is 30.0. The highest BCUT2D eigenvalue weighted by molar-refractivity contribution is 7.08. The SMILES string of the molecule is C=CC.O=c1ccn(C2OC(CCO)C(O)C2O)c(=O)n1Cc1ncc(-c2ccccc2)o1.OP.OP.OP. The molecule has 0 radical (unpaired) electrons. The van der Waals surface area contributed by atoms with Crippen LogP contribution >= 0.6 is 28.4 Å². The van der Waals surface area contributed by atoms with Gasteiger partial charge in [-0.05, 0) is 41.7 Å². The van der Waals surface area contributed by atoms with Crippen molar-refractivity contribution in [2.45, 2.75) is 44.4 Å². The topological polar surface area (TPSA) is 201 Å². The minimum absolute atomic E-state index is 0.0989. The Morgan fingerprint density at radius 3 is 2.18 bits per heavy atom. The van der Waals surface area contributed by atoms with Crippen LogP contribution in [0.25, 0.3) is 11.3 Å². The molecule has 7 atom stereocenters. The van der Waals surface area contributed by atoms with E-state index in [2.05, 4.69) is 11.6 Å². The Morgan fingerprint density at radius 1 is 1.03 bits per heavy atom. The number of hydrogen-bond donors (Lipinski definition) is 6. The van der Waals surface area contributed by atoms with Crippen LogP contribution in [0.2, 0.25) is 0 Å². The second kappa shape index (κ2) is 20.7. The van der Waals surface area contributed by atoms with Crippen LogP contribution in [0.15, 0.2) is 75.5 Å². The zero-order valence-corrected chi connectivity index (χ0v) is 24.7. The summed E-state index contributed by atoms with van der Waals surface area (Å²) in [5.41, 5.74) is -0.515. The molecule has 218 valence electrons. The summed E-state index contributed by atoms with van der Waals surface area (Å²) in [6.07, 6.45) is -0.124. The third-order valence-electron chi connectivity index (χ3n) is 5.03. The Hall–Kier alpha value is -2.14. The fraction of sp³-hybridized carbons (Fsp3) is 0.348. The van der Waals surface area contributed by atoms with E-state index in [1.165, 1.54) is 40.8 Å². The van der Waals surface area contributed by atoms with Crippen molar-refractivity contribution in [3.05, 3.63) is 88.2 Å². The number of hydrogen-bond acceptors (Lipinski definition) is 11. The van der Waals surface area contributed by atoms with Gasteiger partial charge in [-0.15, -0.1) is 6.58 Å². The van der Waals surface area contributed by atoms with Crippen LogP contribution in [0.1, 0.15) is 25.5 Å². The maximum Gasteiger partial charge on any atom is 0.333 e. The number of aromatic nitrogens is 3. The lowest BCUT2D eigenvalue weighted by molar-refractivity contribution is -0.0458. The first-order valence-corrected chi connectivity index (χ1v) is 12.7. The van der Waals surface area contributed by atoms with Gasteiger partial charge in [0, 0.05) is 24.4 Å². The number of rotatable bonds is 6. The number of nitrogens with zero attached hydrogens (tertiary/aromatic N) is 3. The van der Waals surface area contributed by atoms with Gasteiger partial charge in [-0.1, -0.05) is 36.4 Å². The highest BCUT2D eigenvalue weighted by Crippen LogP contribution is 2.29. The fourth-order valence-electron chi connectivity index (χ4n) is 3.45. The first-order chi connectivity index (χ1) is 18.9. The lowest BCUT2D eigenvalue weighted by Crippen LogP contribution is -2.43. The first-order valence-electron chi connectivity index (χ1n) is 11.2. The molecule has 0 spiro atoms. The van der Waals surface area contributed by atoms with Crippen molar-refractivity contribution in [1.29, 1.82) is 0 Å². The van der Waals surface area contributed by atoms with Gasteiger partial charge in [0.05, 0.1) is 12.3 Å². The summed E-state index contributed by atoms with van der Waals surface area (Å²) in [6, 6.07) is 10.4. The van der Waals surface area contributed by atoms with Gasteiger partial charge in [0.1, 0.15) is 18.8 Å². The molecule has 39 heavy (non-hydrogen) atoms. The molecule has 1 aliphatic rings. The molecule has 6 N–H and O–H groups in total. The minimum Gasteiger partial charge on any atom is -0.439 e. The molecule has 16 heteroatoms. The van der Waals surface area contributed by atoms with E-state index in [9.17, 15) is 19.8 Å². The van der Waals surface area contributed by atoms with E-state index < -0.39 is 35.8 Å². The fourth-order valence-corrected chi connectivity index (χ4v) is 3.45. The predicted octanol–water partition coefficient (Wildman–Crippen LogP) is 0.214. The Labute approximate surface area is 232 Å². The molecule has 7 unspecified atom stereocenters. The van der Waals surface area contributed by atoms with Crippen LogP contribution in [0.5, 0.6) is 0 Å². The average Bonchev–Trinajstić information content (AvgIpc) is 3.56. The summed E-state index contributed by atoms with van der Waals surface area (Å²) < 4.78 is 13.2. The van der Waals surface area contributed by atoms with Crippen LogP contribution in [-0.4, -0.2) is 69.0 Å². The van der Waals surface area contributed by atoms with Crippen molar-refractivity contribution in [3.8, 4) is 11.3 Å². The Bertz CT molecular complexity index is 1190. The van der Waals surface area contributed by atoms with Gasteiger partial charge in [-0.2, -0.15) is 0 Å². The van der Waals surface area contributed by atoms with Gasteiger partial charge < -0.3 is 39.2 Å². The number of allylic oxidation sites excluding steroid dienone is 1. The van der Waals surface area contributed by atoms with Crippen LogP contribution in [0.3, 0.4) is 0 Å². The summed E-state index contributed by atoms with van der Waals surface area (Å²) in [7, 11) is 4.25. The van der Waals surface area contributed by atoms with Crippen molar-refractivity contribution < 1.29 is 39.2 Å². The smallest absolute Gasteiger partial charge is 0.333 e. The molecule has 2 aromatic heterocycles. The third-order valence-corrected chi connectivity index (χ3v) is 5.03. The Morgan fingerprint density at radius 2 is 1.62 bits per heavy atom. The number of oxazole rings is 1. The lowest BCUT2D eigenvalue weighted by Gasteiger charge is -2.18. The molecule has 13 nitrogen and oxygen atoms in total. The number of benzene rings is 1. The quantitative estimate of drug-likeness (QED) is 0.165. The minimum atomic E-state index is -1.39. The molecule has 1 saturated heterocycles. The maximum atomic E-state index is 12.9. The average molecular weight is 607 g/mol. The molecule has 3 heterocycles. The summed E-state index contributed by atoms with van der Waals surface area (Å²) in [5.74, 6) is 0.663. The van der Waals surface area contributed by atoms with Gasteiger partial charge in [-0.3, -0.25) is 13.9 Å².